The molecular weight excluding hydrogens is 294 g/mol. The van der Waals surface area contributed by atoms with Gasteiger partial charge in [0.25, 0.3) is 0 Å². The van der Waals surface area contributed by atoms with Crippen molar-refractivity contribution in [2.75, 3.05) is 13.2 Å². The number of nitrogens with two attached hydrogens (primary N) is 1. The van der Waals surface area contributed by atoms with Gasteiger partial charge >= 0.3 is 0 Å². The minimum absolute atomic E-state index is 0.309. The van der Waals surface area contributed by atoms with Gasteiger partial charge in [-0.3, -0.25) is 0 Å². The third kappa shape index (κ3) is 6.38. The van der Waals surface area contributed by atoms with E-state index in [4.69, 9.17) is 9.26 Å². The van der Waals surface area contributed by atoms with E-state index < -0.39 is 6.10 Å². The van der Waals surface area contributed by atoms with Gasteiger partial charge in [0.2, 0.25) is 5.89 Å². The summed E-state index contributed by atoms with van der Waals surface area (Å²) in [6.45, 7) is 6.97. The zero-order chi connectivity index (χ0) is 16.7. The van der Waals surface area contributed by atoms with Crippen molar-refractivity contribution in [1.29, 1.82) is 0 Å². The van der Waals surface area contributed by atoms with Crippen LogP contribution in [0.5, 0.6) is 5.75 Å². The third-order valence-corrected chi connectivity index (χ3v) is 3.44. The number of nitrogens with zero attached hydrogens (tertiary/aromatic N) is 2. The highest BCUT2D eigenvalue weighted by atomic mass is 16.5. The Kier molecular flexibility index (Phi) is 6.55. The van der Waals surface area contributed by atoms with Crippen LogP contribution in [0.3, 0.4) is 0 Å². The summed E-state index contributed by atoms with van der Waals surface area (Å²) in [5.74, 6) is 2.09. The maximum absolute atomic E-state index is 9.85. The van der Waals surface area contributed by atoms with Gasteiger partial charge in [-0.15, -0.1) is 0 Å². The molecule has 0 aliphatic rings. The summed E-state index contributed by atoms with van der Waals surface area (Å²) in [4.78, 5) is 4.19. The molecule has 1 aromatic heterocycles. The quantitative estimate of drug-likeness (QED) is 0.716. The molecule has 0 amide bonds. The second-order valence-electron chi connectivity index (χ2n) is 6.06. The number of aliphatic hydroxyl groups is 1. The Bertz CT molecular complexity index is 581. The fourth-order valence-electron chi connectivity index (χ4n) is 2.13. The van der Waals surface area contributed by atoms with Crippen LogP contribution < -0.4 is 10.1 Å². The Morgan fingerprint density at radius 1 is 1.22 bits per heavy atom. The second-order valence-corrected chi connectivity index (χ2v) is 6.06. The predicted octanol–water partition coefficient (Wildman–Crippen LogP) is 0.875. The maximum Gasteiger partial charge on any atom is 0.226 e. The zero-order valence-corrected chi connectivity index (χ0v) is 14.0. The van der Waals surface area contributed by atoms with E-state index in [2.05, 4.69) is 29.3 Å². The number of rotatable bonds is 9. The first-order valence-electron chi connectivity index (χ1n) is 8.05. The highest BCUT2D eigenvalue weighted by molar-refractivity contribution is 5.27. The molecule has 6 heteroatoms. The van der Waals surface area contributed by atoms with Crippen molar-refractivity contribution in [1.82, 2.24) is 10.1 Å². The fraction of sp³-hybridized carbons (Fsp3) is 0.529. The molecule has 0 radical (unpaired) electrons. The van der Waals surface area contributed by atoms with E-state index in [0.29, 0.717) is 30.9 Å². The highest BCUT2D eigenvalue weighted by Crippen LogP contribution is 2.14. The van der Waals surface area contributed by atoms with Gasteiger partial charge in [-0.05, 0) is 44.9 Å². The Hall–Kier alpha value is -1.92. The number of benzene rings is 1. The van der Waals surface area contributed by atoms with E-state index in [-0.39, 0.29) is 0 Å². The van der Waals surface area contributed by atoms with Crippen molar-refractivity contribution < 1.29 is 19.7 Å². The lowest BCUT2D eigenvalue weighted by molar-refractivity contribution is -0.688. The van der Waals surface area contributed by atoms with Crippen molar-refractivity contribution in [2.45, 2.75) is 45.8 Å². The van der Waals surface area contributed by atoms with Gasteiger partial charge in [-0.2, -0.15) is 4.98 Å². The molecular formula is C17H26N3O3+. The molecule has 1 heterocycles. The molecule has 0 spiro atoms. The van der Waals surface area contributed by atoms with Crippen LogP contribution in [0.25, 0.3) is 0 Å². The van der Waals surface area contributed by atoms with E-state index in [1.54, 1.807) is 0 Å². The van der Waals surface area contributed by atoms with Crippen LogP contribution in [0.2, 0.25) is 0 Å². The minimum atomic E-state index is -0.460. The molecule has 1 aromatic carbocycles. The Balaban J connectivity index is 1.73. The molecule has 2 aromatic rings. The summed E-state index contributed by atoms with van der Waals surface area (Å²) in [6.07, 6.45) is 1.11. The smallest absolute Gasteiger partial charge is 0.226 e. The van der Waals surface area contributed by atoms with Crippen LogP contribution in [0.1, 0.15) is 31.1 Å². The standard InChI is InChI=1S/C17H25N3O3/c1-12(2)18-10-15(21)11-22-16-7-4-14(5-8-16)6-9-17-19-13(3)20-23-17/h4-5,7-8,12,15,18,21H,6,9-11H2,1-3H3/p+1/t15-/m1/s1. The lowest BCUT2D eigenvalue weighted by atomic mass is 10.1. The summed E-state index contributed by atoms with van der Waals surface area (Å²) >= 11 is 0. The third-order valence-electron chi connectivity index (χ3n) is 3.44. The first-order valence-corrected chi connectivity index (χ1v) is 8.05. The SMILES string of the molecule is Cc1noc(CCc2ccc(OC[C@H](O)C[NH2+]C(C)C)cc2)n1. The zero-order valence-electron chi connectivity index (χ0n) is 14.0. The second kappa shape index (κ2) is 8.64. The molecule has 126 valence electrons. The molecule has 0 saturated heterocycles. The van der Waals surface area contributed by atoms with Gasteiger partial charge in [-0.1, -0.05) is 17.3 Å². The van der Waals surface area contributed by atoms with Crippen LogP contribution in [0, 0.1) is 6.92 Å². The van der Waals surface area contributed by atoms with Crippen molar-refractivity contribution in [3.63, 3.8) is 0 Å². The molecule has 3 N–H and O–H groups in total. The number of quaternary nitrogens is 1. The highest BCUT2D eigenvalue weighted by Gasteiger charge is 2.09. The normalized spacial score (nSPS) is 12.6. The number of hydrogen-bond donors (Lipinski definition) is 2. The number of aromatic nitrogens is 2. The number of aliphatic hydroxyl groups excluding tert-OH is 1. The van der Waals surface area contributed by atoms with Crippen LogP contribution in [0.4, 0.5) is 0 Å². The largest absolute Gasteiger partial charge is 0.491 e. The molecule has 1 atom stereocenters. The summed E-state index contributed by atoms with van der Waals surface area (Å²) in [6, 6.07) is 8.36. The molecule has 0 aliphatic heterocycles. The molecule has 0 saturated carbocycles. The van der Waals surface area contributed by atoms with Gasteiger partial charge in [0.15, 0.2) is 5.82 Å². The molecule has 0 unspecified atom stereocenters. The van der Waals surface area contributed by atoms with Crippen LogP contribution in [-0.2, 0) is 12.8 Å². The van der Waals surface area contributed by atoms with Crippen molar-refractivity contribution >= 4 is 0 Å². The van der Waals surface area contributed by atoms with Gasteiger partial charge < -0.3 is 19.7 Å². The minimum Gasteiger partial charge on any atom is -0.491 e. The van der Waals surface area contributed by atoms with Gasteiger partial charge in [0, 0.05) is 6.42 Å². The number of hydrogen-bond acceptors (Lipinski definition) is 5. The van der Waals surface area contributed by atoms with Crippen LogP contribution >= 0.6 is 0 Å². The summed E-state index contributed by atoms with van der Waals surface area (Å²) < 4.78 is 10.7. The number of aryl methyl sites for hydroxylation is 3. The monoisotopic (exact) mass is 320 g/mol. The van der Waals surface area contributed by atoms with E-state index in [1.807, 2.05) is 31.2 Å². The topological polar surface area (TPSA) is 85.0 Å². The summed E-state index contributed by atoms with van der Waals surface area (Å²) in [7, 11) is 0. The summed E-state index contributed by atoms with van der Waals surface area (Å²) in [5, 5.41) is 15.7. The first-order chi connectivity index (χ1) is 11.0. The first kappa shape index (κ1) is 17.4. The number of ether oxygens (including phenoxy) is 1. The van der Waals surface area contributed by atoms with Crippen molar-refractivity contribution in [3.8, 4) is 5.75 Å². The molecule has 2 rings (SSSR count). The van der Waals surface area contributed by atoms with Crippen molar-refractivity contribution in [3.05, 3.63) is 41.5 Å². The fourth-order valence-corrected chi connectivity index (χ4v) is 2.13. The van der Waals surface area contributed by atoms with E-state index in [9.17, 15) is 5.11 Å². The van der Waals surface area contributed by atoms with Gasteiger partial charge in [-0.25, -0.2) is 0 Å². The van der Waals surface area contributed by atoms with E-state index in [1.165, 1.54) is 5.56 Å². The molecule has 0 aliphatic carbocycles. The Labute approximate surface area is 136 Å². The van der Waals surface area contributed by atoms with Gasteiger partial charge in [0.05, 0.1) is 6.04 Å². The van der Waals surface area contributed by atoms with E-state index in [0.717, 1.165) is 18.6 Å². The lowest BCUT2D eigenvalue weighted by Gasteiger charge is -2.13. The lowest BCUT2D eigenvalue weighted by Crippen LogP contribution is -2.90. The average Bonchev–Trinajstić information content (AvgIpc) is 2.95. The maximum atomic E-state index is 9.85. The predicted molar refractivity (Wildman–Crippen MR) is 86.3 cm³/mol. The Morgan fingerprint density at radius 2 is 1.96 bits per heavy atom. The molecule has 0 fully saturated rings. The Morgan fingerprint density at radius 3 is 2.57 bits per heavy atom. The van der Waals surface area contributed by atoms with Crippen LogP contribution in [-0.4, -0.2) is 40.5 Å². The molecule has 0 bridgehead atoms. The average molecular weight is 320 g/mol. The molecule has 6 nitrogen and oxygen atoms in total. The van der Waals surface area contributed by atoms with Crippen LogP contribution in [0.15, 0.2) is 28.8 Å². The van der Waals surface area contributed by atoms with Gasteiger partial charge in [0.1, 0.15) is 25.0 Å². The van der Waals surface area contributed by atoms with E-state index >= 15 is 0 Å². The molecule has 23 heavy (non-hydrogen) atoms. The van der Waals surface area contributed by atoms with Crippen molar-refractivity contribution in [2.24, 2.45) is 0 Å². The summed E-state index contributed by atoms with van der Waals surface area (Å²) in [5.41, 5.74) is 1.18.